The monoisotopic (exact) mass is 270 g/mol. The number of hydrogen-bond acceptors (Lipinski definition) is 3. The van der Waals surface area contributed by atoms with Gasteiger partial charge in [0.05, 0.1) is 5.71 Å². The molecule has 3 nitrogen and oxygen atoms in total. The molecule has 0 amide bonds. The molecule has 1 aromatic carbocycles. The molecule has 0 spiro atoms. The minimum atomic E-state index is 0.210. The van der Waals surface area contributed by atoms with E-state index in [1.54, 1.807) is 6.08 Å². The molecular formula is C12H12Cl2N2O. The highest BCUT2D eigenvalue weighted by Gasteiger charge is 2.20. The molecule has 0 heterocycles. The summed E-state index contributed by atoms with van der Waals surface area (Å²) in [5.41, 5.74) is 3.15. The predicted molar refractivity (Wildman–Crippen MR) is 70.8 cm³/mol. The smallest absolute Gasteiger partial charge is 0.123 e. The normalized spacial score (nSPS) is 15.8. The summed E-state index contributed by atoms with van der Waals surface area (Å²) in [5.74, 6) is 6.18. The Labute approximate surface area is 110 Å². The van der Waals surface area contributed by atoms with Crippen LogP contribution in [0.5, 0.6) is 5.75 Å². The number of rotatable bonds is 3. The lowest BCUT2D eigenvalue weighted by Crippen LogP contribution is -2.00. The van der Waals surface area contributed by atoms with Crippen molar-refractivity contribution in [3.05, 3.63) is 39.9 Å². The molecule has 90 valence electrons. The van der Waals surface area contributed by atoms with Gasteiger partial charge in [-0.25, -0.2) is 0 Å². The number of fused-ring (bicyclic) bond motifs is 1. The quantitative estimate of drug-likeness (QED) is 0.678. The Balaban J connectivity index is 2.20. The fraction of sp³-hybridized carbons (Fsp3) is 0.250. The first-order chi connectivity index (χ1) is 8.22. The van der Waals surface area contributed by atoms with Gasteiger partial charge >= 0.3 is 0 Å². The van der Waals surface area contributed by atoms with E-state index in [1.165, 1.54) is 0 Å². The molecule has 2 N–H and O–H groups in total. The third kappa shape index (κ3) is 2.73. The fourth-order valence-electron chi connectivity index (χ4n) is 1.94. The molecule has 5 heteroatoms. The molecular weight excluding hydrogens is 259 g/mol. The summed E-state index contributed by atoms with van der Waals surface area (Å²) in [6, 6.07) is 5.86. The summed E-state index contributed by atoms with van der Waals surface area (Å²) in [6.07, 6.45) is 3.37. The minimum absolute atomic E-state index is 0.210. The fourth-order valence-corrected chi connectivity index (χ4v) is 2.06. The SMILES string of the molecule is NN=C1CCc2c(OCC=C(Cl)Cl)cccc21. The number of hydrazone groups is 1. The second kappa shape index (κ2) is 5.43. The molecule has 0 aliphatic heterocycles. The molecule has 1 aliphatic carbocycles. The topological polar surface area (TPSA) is 47.6 Å². The van der Waals surface area contributed by atoms with Crippen LogP contribution in [-0.4, -0.2) is 12.3 Å². The molecule has 0 saturated carbocycles. The lowest BCUT2D eigenvalue weighted by molar-refractivity contribution is 0.359. The zero-order valence-electron chi connectivity index (χ0n) is 9.12. The Hall–Kier alpha value is -1.19. The van der Waals surface area contributed by atoms with Gasteiger partial charge in [0.15, 0.2) is 0 Å². The van der Waals surface area contributed by atoms with Crippen molar-refractivity contribution >= 4 is 28.9 Å². The van der Waals surface area contributed by atoms with E-state index in [2.05, 4.69) is 5.10 Å². The number of ether oxygens (including phenoxy) is 1. The van der Waals surface area contributed by atoms with Crippen LogP contribution in [0.3, 0.4) is 0 Å². The molecule has 0 unspecified atom stereocenters. The summed E-state index contributed by atoms with van der Waals surface area (Å²) in [7, 11) is 0. The van der Waals surface area contributed by atoms with Crippen molar-refractivity contribution in [2.45, 2.75) is 12.8 Å². The summed E-state index contributed by atoms with van der Waals surface area (Å²) in [5, 5.41) is 3.79. The molecule has 0 radical (unpaired) electrons. The number of benzene rings is 1. The van der Waals surface area contributed by atoms with Crippen LogP contribution in [0.15, 0.2) is 33.9 Å². The first-order valence-electron chi connectivity index (χ1n) is 5.25. The Kier molecular flexibility index (Phi) is 3.92. The van der Waals surface area contributed by atoms with E-state index in [1.807, 2.05) is 18.2 Å². The van der Waals surface area contributed by atoms with E-state index in [-0.39, 0.29) is 4.49 Å². The highest BCUT2D eigenvalue weighted by molar-refractivity contribution is 6.55. The highest BCUT2D eigenvalue weighted by atomic mass is 35.5. The maximum absolute atomic E-state index is 5.61. The van der Waals surface area contributed by atoms with Crippen molar-refractivity contribution < 1.29 is 4.74 Å². The average Bonchev–Trinajstić information content (AvgIpc) is 2.72. The van der Waals surface area contributed by atoms with Crippen LogP contribution in [0.4, 0.5) is 0 Å². The molecule has 0 atom stereocenters. The third-order valence-corrected chi connectivity index (χ3v) is 3.00. The first kappa shape index (κ1) is 12.3. The summed E-state index contributed by atoms with van der Waals surface area (Å²) < 4.78 is 5.82. The van der Waals surface area contributed by atoms with E-state index < -0.39 is 0 Å². The number of halogens is 2. The summed E-state index contributed by atoms with van der Waals surface area (Å²) in [4.78, 5) is 0. The molecule has 2 rings (SSSR count). The van der Waals surface area contributed by atoms with Gasteiger partial charge < -0.3 is 10.6 Å². The van der Waals surface area contributed by atoms with Crippen LogP contribution < -0.4 is 10.6 Å². The number of nitrogens with two attached hydrogens (primary N) is 1. The van der Waals surface area contributed by atoms with Crippen LogP contribution in [-0.2, 0) is 6.42 Å². The van der Waals surface area contributed by atoms with Crippen LogP contribution in [0, 0.1) is 0 Å². The standard InChI is InChI=1S/C12H12Cl2N2O/c13-12(14)6-7-17-11-3-1-2-8-9(11)4-5-10(8)16-15/h1-3,6H,4-5,7,15H2. The lowest BCUT2D eigenvalue weighted by atomic mass is 10.1. The van der Waals surface area contributed by atoms with Crippen molar-refractivity contribution in [3.8, 4) is 5.75 Å². The van der Waals surface area contributed by atoms with E-state index in [9.17, 15) is 0 Å². The predicted octanol–water partition coefficient (Wildman–Crippen LogP) is 2.99. The van der Waals surface area contributed by atoms with Gasteiger partial charge in [-0.15, -0.1) is 0 Å². The first-order valence-corrected chi connectivity index (χ1v) is 6.01. The number of nitrogens with zero attached hydrogens (tertiary/aromatic N) is 1. The van der Waals surface area contributed by atoms with Crippen molar-refractivity contribution in [2.75, 3.05) is 6.61 Å². The molecule has 17 heavy (non-hydrogen) atoms. The average molecular weight is 271 g/mol. The van der Waals surface area contributed by atoms with Crippen LogP contribution >= 0.6 is 23.2 Å². The summed E-state index contributed by atoms with van der Waals surface area (Å²) in [6.45, 7) is 0.355. The molecule has 0 aromatic heterocycles. The second-order valence-electron chi connectivity index (χ2n) is 3.66. The van der Waals surface area contributed by atoms with Crippen molar-refractivity contribution in [3.63, 3.8) is 0 Å². The van der Waals surface area contributed by atoms with Gasteiger partial charge in [-0.2, -0.15) is 5.10 Å². The Morgan fingerprint density at radius 1 is 1.41 bits per heavy atom. The van der Waals surface area contributed by atoms with Gasteiger partial charge in [-0.3, -0.25) is 0 Å². The van der Waals surface area contributed by atoms with Crippen LogP contribution in [0.2, 0.25) is 0 Å². The lowest BCUT2D eigenvalue weighted by Gasteiger charge is -2.08. The third-order valence-electron chi connectivity index (χ3n) is 2.69. The maximum Gasteiger partial charge on any atom is 0.123 e. The van der Waals surface area contributed by atoms with E-state index in [4.69, 9.17) is 33.8 Å². The van der Waals surface area contributed by atoms with Crippen LogP contribution in [0.25, 0.3) is 0 Å². The molecule has 1 aliphatic rings. The van der Waals surface area contributed by atoms with Gasteiger partial charge in [-0.1, -0.05) is 35.3 Å². The van der Waals surface area contributed by atoms with Crippen molar-refractivity contribution in [2.24, 2.45) is 10.9 Å². The number of hydrogen-bond donors (Lipinski definition) is 1. The largest absolute Gasteiger partial charge is 0.489 e. The summed E-state index contributed by atoms with van der Waals surface area (Å²) >= 11 is 11.0. The van der Waals surface area contributed by atoms with E-state index >= 15 is 0 Å². The second-order valence-corrected chi connectivity index (χ2v) is 4.67. The maximum atomic E-state index is 5.61. The zero-order chi connectivity index (χ0) is 12.3. The van der Waals surface area contributed by atoms with Crippen molar-refractivity contribution in [1.29, 1.82) is 0 Å². The minimum Gasteiger partial charge on any atom is -0.489 e. The van der Waals surface area contributed by atoms with E-state index in [0.717, 1.165) is 35.4 Å². The molecule has 0 bridgehead atoms. The molecule has 0 saturated heterocycles. The van der Waals surface area contributed by atoms with Gasteiger partial charge in [0.1, 0.15) is 16.8 Å². The Morgan fingerprint density at radius 2 is 2.24 bits per heavy atom. The zero-order valence-corrected chi connectivity index (χ0v) is 10.6. The van der Waals surface area contributed by atoms with Gasteiger partial charge in [0.25, 0.3) is 0 Å². The van der Waals surface area contributed by atoms with Crippen molar-refractivity contribution in [1.82, 2.24) is 0 Å². The molecule has 0 fully saturated rings. The highest BCUT2D eigenvalue weighted by Crippen LogP contribution is 2.30. The molecule has 1 aromatic rings. The van der Waals surface area contributed by atoms with Gasteiger partial charge in [0, 0.05) is 11.1 Å². The van der Waals surface area contributed by atoms with Gasteiger partial charge in [-0.05, 0) is 25.0 Å². The van der Waals surface area contributed by atoms with Gasteiger partial charge in [0.2, 0.25) is 0 Å². The Bertz CT molecular complexity index is 479. The van der Waals surface area contributed by atoms with E-state index in [0.29, 0.717) is 6.61 Å². The van der Waals surface area contributed by atoms with Crippen LogP contribution in [0.1, 0.15) is 17.5 Å². The Morgan fingerprint density at radius 3 is 2.94 bits per heavy atom.